The van der Waals surface area contributed by atoms with Crippen molar-refractivity contribution in [2.75, 3.05) is 17.7 Å². The van der Waals surface area contributed by atoms with Crippen LogP contribution in [0.3, 0.4) is 0 Å². The highest BCUT2D eigenvalue weighted by Crippen LogP contribution is 2.30. The average Bonchev–Trinajstić information content (AvgIpc) is 2.79. The molecule has 2 atom stereocenters. The van der Waals surface area contributed by atoms with Crippen molar-refractivity contribution in [2.24, 2.45) is 11.5 Å². The monoisotopic (exact) mass is 456 g/mol. The van der Waals surface area contributed by atoms with Crippen molar-refractivity contribution < 1.29 is 18.3 Å². The summed E-state index contributed by atoms with van der Waals surface area (Å²) < 4.78 is 34.3. The molecule has 0 fully saturated rings. The lowest BCUT2D eigenvalue weighted by molar-refractivity contribution is 0.100. The number of methoxy groups -OCH3 is 1. The maximum Gasteiger partial charge on any atom is 0.252 e. The number of anilines is 3. The van der Waals surface area contributed by atoms with E-state index in [4.69, 9.17) is 16.2 Å². The van der Waals surface area contributed by atoms with Crippen LogP contribution in [0.4, 0.5) is 26.1 Å². The molecule has 33 heavy (non-hydrogen) atoms. The second-order valence-corrected chi connectivity index (χ2v) is 7.47. The van der Waals surface area contributed by atoms with E-state index in [-0.39, 0.29) is 40.6 Å². The van der Waals surface area contributed by atoms with Gasteiger partial charge in [0.05, 0.1) is 18.4 Å². The molecule has 0 aliphatic rings. The maximum absolute atomic E-state index is 14.7. The first kappa shape index (κ1) is 23.9. The summed E-state index contributed by atoms with van der Waals surface area (Å²) in [5.41, 5.74) is 12.2. The summed E-state index contributed by atoms with van der Waals surface area (Å²) in [6, 6.07) is 8.40. The molecule has 0 saturated heterocycles. The summed E-state index contributed by atoms with van der Waals surface area (Å²) in [4.78, 5) is 20.4. The lowest BCUT2D eigenvalue weighted by Crippen LogP contribution is -2.38. The molecule has 0 aliphatic carbocycles. The van der Waals surface area contributed by atoms with Crippen LogP contribution in [0, 0.1) is 11.6 Å². The Balaban J connectivity index is 2.00. The third-order valence-corrected chi connectivity index (χ3v) is 5.12. The second-order valence-electron chi connectivity index (χ2n) is 7.47. The largest absolute Gasteiger partial charge is 0.494 e. The SMILES string of the molecule is CC[C@@H](Nc1nc(Nc2ccnc(-c3cccc(OC)c3F)c2)c(C(N)=O)cc1F)[C@H](C)N. The Morgan fingerprint density at radius 3 is 2.61 bits per heavy atom. The molecule has 174 valence electrons. The van der Waals surface area contributed by atoms with Gasteiger partial charge >= 0.3 is 0 Å². The minimum Gasteiger partial charge on any atom is -0.494 e. The number of nitrogens with zero attached hydrogens (tertiary/aromatic N) is 2. The van der Waals surface area contributed by atoms with Gasteiger partial charge in [0, 0.05) is 29.5 Å². The van der Waals surface area contributed by atoms with Crippen LogP contribution in [0.2, 0.25) is 0 Å². The van der Waals surface area contributed by atoms with E-state index >= 15 is 0 Å². The lowest BCUT2D eigenvalue weighted by atomic mass is 10.1. The van der Waals surface area contributed by atoms with Crippen LogP contribution in [-0.2, 0) is 0 Å². The van der Waals surface area contributed by atoms with E-state index in [1.165, 1.54) is 19.4 Å². The van der Waals surface area contributed by atoms with Crippen LogP contribution >= 0.6 is 0 Å². The number of pyridine rings is 2. The van der Waals surface area contributed by atoms with E-state index in [0.29, 0.717) is 17.8 Å². The first-order chi connectivity index (χ1) is 15.7. The van der Waals surface area contributed by atoms with Crippen molar-refractivity contribution in [3.8, 4) is 17.0 Å². The molecule has 8 nitrogen and oxygen atoms in total. The number of aromatic nitrogens is 2. The summed E-state index contributed by atoms with van der Waals surface area (Å²) in [7, 11) is 1.37. The van der Waals surface area contributed by atoms with Gasteiger partial charge in [0.1, 0.15) is 5.82 Å². The van der Waals surface area contributed by atoms with Crippen molar-refractivity contribution in [3.05, 3.63) is 59.8 Å². The first-order valence-corrected chi connectivity index (χ1v) is 10.3. The van der Waals surface area contributed by atoms with E-state index in [1.54, 1.807) is 31.2 Å². The highest BCUT2D eigenvalue weighted by Gasteiger charge is 2.20. The molecule has 1 amide bonds. The van der Waals surface area contributed by atoms with Gasteiger partial charge in [-0.05, 0) is 43.7 Å². The zero-order valence-electron chi connectivity index (χ0n) is 18.5. The number of amides is 1. The quantitative estimate of drug-likeness (QED) is 0.385. The second kappa shape index (κ2) is 10.2. The third kappa shape index (κ3) is 5.35. The minimum absolute atomic E-state index is 0.0363. The molecule has 10 heteroatoms. The fourth-order valence-corrected chi connectivity index (χ4v) is 3.31. The molecule has 0 spiro atoms. The highest BCUT2D eigenvalue weighted by molar-refractivity contribution is 5.98. The van der Waals surface area contributed by atoms with E-state index < -0.39 is 17.5 Å². The molecule has 2 heterocycles. The molecular weight excluding hydrogens is 430 g/mol. The van der Waals surface area contributed by atoms with Crippen molar-refractivity contribution in [2.45, 2.75) is 32.4 Å². The number of nitrogens with one attached hydrogen (secondary N) is 2. The topological polar surface area (TPSA) is 128 Å². The highest BCUT2D eigenvalue weighted by atomic mass is 19.1. The van der Waals surface area contributed by atoms with Crippen molar-refractivity contribution in [3.63, 3.8) is 0 Å². The van der Waals surface area contributed by atoms with E-state index in [1.807, 2.05) is 6.92 Å². The zero-order valence-corrected chi connectivity index (χ0v) is 18.5. The predicted octanol–water partition coefficient (Wildman–Crippen LogP) is 3.81. The van der Waals surface area contributed by atoms with Crippen LogP contribution in [-0.4, -0.2) is 35.1 Å². The van der Waals surface area contributed by atoms with Crippen LogP contribution in [0.15, 0.2) is 42.6 Å². The van der Waals surface area contributed by atoms with Crippen molar-refractivity contribution in [1.82, 2.24) is 9.97 Å². The molecule has 3 aromatic rings. The number of hydrogen-bond acceptors (Lipinski definition) is 7. The molecule has 3 rings (SSSR count). The Hall–Kier alpha value is -3.79. The van der Waals surface area contributed by atoms with E-state index in [9.17, 15) is 13.6 Å². The number of halogens is 2. The average molecular weight is 456 g/mol. The summed E-state index contributed by atoms with van der Waals surface area (Å²) in [5, 5.41) is 5.92. The van der Waals surface area contributed by atoms with Crippen LogP contribution in [0.5, 0.6) is 5.75 Å². The number of benzene rings is 1. The summed E-state index contributed by atoms with van der Waals surface area (Å²) in [6.45, 7) is 3.71. The molecule has 0 saturated carbocycles. The Bertz CT molecular complexity index is 1160. The van der Waals surface area contributed by atoms with Crippen molar-refractivity contribution >= 4 is 23.2 Å². The van der Waals surface area contributed by atoms with Gasteiger partial charge < -0.3 is 26.8 Å². The summed E-state index contributed by atoms with van der Waals surface area (Å²) in [5.74, 6) is -2.10. The number of hydrogen-bond donors (Lipinski definition) is 4. The zero-order chi connectivity index (χ0) is 24.1. The number of ether oxygens (including phenoxy) is 1. The van der Waals surface area contributed by atoms with Gasteiger partial charge in [0.15, 0.2) is 23.2 Å². The lowest BCUT2D eigenvalue weighted by Gasteiger charge is -2.22. The summed E-state index contributed by atoms with van der Waals surface area (Å²) >= 11 is 0. The van der Waals surface area contributed by atoms with Gasteiger partial charge in [-0.1, -0.05) is 13.0 Å². The summed E-state index contributed by atoms with van der Waals surface area (Å²) in [6.07, 6.45) is 2.10. The third-order valence-electron chi connectivity index (χ3n) is 5.12. The van der Waals surface area contributed by atoms with Gasteiger partial charge in [-0.3, -0.25) is 9.78 Å². The maximum atomic E-state index is 14.7. The number of rotatable bonds is 9. The predicted molar refractivity (Wildman–Crippen MR) is 124 cm³/mol. The van der Waals surface area contributed by atoms with Gasteiger partial charge in [-0.2, -0.15) is 0 Å². The number of primary amides is 1. The Morgan fingerprint density at radius 2 is 1.97 bits per heavy atom. The molecule has 0 unspecified atom stereocenters. The van der Waals surface area contributed by atoms with Crippen molar-refractivity contribution in [1.29, 1.82) is 0 Å². The van der Waals surface area contributed by atoms with Crippen LogP contribution in [0.1, 0.15) is 30.6 Å². The standard InChI is InChI=1S/C23H26F2N6O2/c1-4-17(12(2)26)30-23-16(24)11-15(21(27)32)22(31-23)29-13-8-9-28-18(10-13)14-6-5-7-19(33-3)20(14)25/h5-12,17H,4,26H2,1-3H3,(H2,27,32)(H2,28,29,30,31)/t12-,17+/m0/s1. The van der Waals surface area contributed by atoms with Crippen LogP contribution in [0.25, 0.3) is 11.3 Å². The Kier molecular flexibility index (Phi) is 7.39. The molecule has 0 bridgehead atoms. The fourth-order valence-electron chi connectivity index (χ4n) is 3.31. The van der Waals surface area contributed by atoms with Crippen LogP contribution < -0.4 is 26.8 Å². The fraction of sp³-hybridized carbons (Fsp3) is 0.261. The van der Waals surface area contributed by atoms with Gasteiger partial charge in [-0.15, -0.1) is 0 Å². The normalized spacial score (nSPS) is 12.7. The smallest absolute Gasteiger partial charge is 0.252 e. The number of carbonyl (C=O) groups excluding carboxylic acids is 1. The molecule has 1 aromatic carbocycles. The first-order valence-electron chi connectivity index (χ1n) is 10.3. The Morgan fingerprint density at radius 1 is 1.21 bits per heavy atom. The van der Waals surface area contributed by atoms with Gasteiger partial charge in [0.25, 0.3) is 5.91 Å². The molecule has 0 aliphatic heterocycles. The molecular formula is C23H26F2N6O2. The molecule has 0 radical (unpaired) electrons. The van der Waals surface area contributed by atoms with E-state index in [2.05, 4.69) is 20.6 Å². The number of nitrogens with two attached hydrogens (primary N) is 2. The Labute approximate surface area is 190 Å². The van der Waals surface area contributed by atoms with Gasteiger partial charge in [0.2, 0.25) is 0 Å². The molecule has 6 N–H and O–H groups in total. The number of carbonyl (C=O) groups is 1. The van der Waals surface area contributed by atoms with E-state index in [0.717, 1.165) is 6.07 Å². The molecule has 2 aromatic heterocycles. The minimum atomic E-state index is -0.859. The van der Waals surface area contributed by atoms with Gasteiger partial charge in [-0.25, -0.2) is 13.8 Å².